The van der Waals surface area contributed by atoms with Gasteiger partial charge in [-0.25, -0.2) is 0 Å². The molecule has 1 aromatic heterocycles. The van der Waals surface area contributed by atoms with Gasteiger partial charge in [0.2, 0.25) is 0 Å². The van der Waals surface area contributed by atoms with Crippen LogP contribution < -0.4 is 0 Å². The van der Waals surface area contributed by atoms with Crippen LogP contribution in [0.4, 0.5) is 0 Å². The summed E-state index contributed by atoms with van der Waals surface area (Å²) in [5.74, 6) is 0. The van der Waals surface area contributed by atoms with E-state index in [4.69, 9.17) is 10.2 Å². The first-order chi connectivity index (χ1) is 14.3. The molecule has 0 bridgehead atoms. The summed E-state index contributed by atoms with van der Waals surface area (Å²) in [7, 11) is 0. The van der Waals surface area contributed by atoms with Gasteiger partial charge in [-0.05, 0) is 17.0 Å². The van der Waals surface area contributed by atoms with Crippen molar-refractivity contribution in [3.05, 3.63) is 121 Å². The summed E-state index contributed by atoms with van der Waals surface area (Å²) < 4.78 is 0. The van der Waals surface area contributed by atoms with Crippen LogP contribution >= 0.6 is 0 Å². The summed E-state index contributed by atoms with van der Waals surface area (Å²) >= 11 is 0. The largest absolute Gasteiger partial charge is 0.150 e. The first-order valence-corrected chi connectivity index (χ1v) is 9.57. The zero-order valence-electron chi connectivity index (χ0n) is 15.9. The topological polar surface area (TPSA) is 30.7 Å². The van der Waals surface area contributed by atoms with Crippen molar-refractivity contribution < 1.29 is 0 Å². The first-order valence-electron chi connectivity index (χ1n) is 9.57. The van der Waals surface area contributed by atoms with Crippen molar-refractivity contribution in [2.75, 3.05) is 0 Å². The second-order valence-electron chi connectivity index (χ2n) is 6.90. The lowest BCUT2D eigenvalue weighted by Gasteiger charge is -2.05. The van der Waals surface area contributed by atoms with E-state index in [1.165, 1.54) is 0 Å². The zero-order valence-corrected chi connectivity index (χ0v) is 15.9. The Morgan fingerprint density at radius 1 is 0.655 bits per heavy atom. The third kappa shape index (κ3) is 3.13. The summed E-state index contributed by atoms with van der Waals surface area (Å²) in [5, 5.41) is 12.1. The van der Waals surface area contributed by atoms with Gasteiger partial charge in [-0.15, -0.1) is 15.0 Å². The van der Waals surface area contributed by atoms with Crippen LogP contribution in [0.25, 0.3) is 33.3 Å². The van der Waals surface area contributed by atoms with E-state index in [0.717, 1.165) is 44.5 Å². The Balaban J connectivity index is 1.72. The lowest BCUT2D eigenvalue weighted by atomic mass is 10.0. The molecule has 29 heavy (non-hydrogen) atoms. The van der Waals surface area contributed by atoms with E-state index in [2.05, 4.69) is 36.9 Å². The Morgan fingerprint density at radius 2 is 1.31 bits per heavy atom. The highest BCUT2D eigenvalue weighted by molar-refractivity contribution is 5.90. The van der Waals surface area contributed by atoms with E-state index in [1.807, 2.05) is 72.8 Å². The van der Waals surface area contributed by atoms with E-state index >= 15 is 0 Å². The van der Waals surface area contributed by atoms with Gasteiger partial charge >= 0.3 is 0 Å². The van der Waals surface area contributed by atoms with Crippen molar-refractivity contribution in [1.82, 2.24) is 15.0 Å². The minimum Gasteiger partial charge on any atom is -0.150 e. The van der Waals surface area contributed by atoms with Crippen LogP contribution in [0.2, 0.25) is 0 Å². The van der Waals surface area contributed by atoms with Crippen LogP contribution in [0.15, 0.2) is 110 Å². The molecule has 0 saturated carbocycles. The molecular weight excluding hydrogens is 354 g/mol. The van der Waals surface area contributed by atoms with E-state index in [-0.39, 0.29) is 0 Å². The van der Waals surface area contributed by atoms with Crippen molar-refractivity contribution in [2.45, 2.75) is 0 Å². The van der Waals surface area contributed by atoms with Crippen molar-refractivity contribution in [1.29, 1.82) is 0 Å². The molecule has 0 unspecified atom stereocenters. The SMILES string of the molecule is C=C(c1ccccc1)c1nn(-c2cccc3ccccc23)nc1-c1ccccc1. The maximum Gasteiger partial charge on any atom is 0.121 e. The van der Waals surface area contributed by atoms with E-state index in [9.17, 15) is 0 Å². The molecule has 5 rings (SSSR count). The van der Waals surface area contributed by atoms with Crippen molar-refractivity contribution in [2.24, 2.45) is 0 Å². The quantitative estimate of drug-likeness (QED) is 0.378. The molecule has 0 fully saturated rings. The Hall–Kier alpha value is -3.98. The molecule has 0 amide bonds. The van der Waals surface area contributed by atoms with Gasteiger partial charge in [0.05, 0.1) is 5.69 Å². The number of hydrogen-bond acceptors (Lipinski definition) is 2. The van der Waals surface area contributed by atoms with Crippen LogP contribution in [0, 0.1) is 0 Å². The van der Waals surface area contributed by atoms with Crippen molar-refractivity contribution in [3.8, 4) is 16.9 Å². The minimum absolute atomic E-state index is 0.787. The Bertz CT molecular complexity index is 1300. The number of fused-ring (bicyclic) bond motifs is 1. The minimum atomic E-state index is 0.787. The van der Waals surface area contributed by atoms with Gasteiger partial charge in [0.25, 0.3) is 0 Å². The van der Waals surface area contributed by atoms with Gasteiger partial charge in [-0.3, -0.25) is 0 Å². The van der Waals surface area contributed by atoms with Crippen LogP contribution in [0.5, 0.6) is 0 Å². The molecule has 0 aliphatic carbocycles. The molecule has 0 aliphatic rings. The third-order valence-electron chi connectivity index (χ3n) is 5.05. The molecule has 0 saturated heterocycles. The van der Waals surface area contributed by atoms with Gasteiger partial charge in [0.1, 0.15) is 11.4 Å². The standard InChI is InChI=1S/C26H19N3/c1-19(20-11-4-2-5-12-20)25-26(22-14-6-3-7-15-22)28-29(27-25)24-18-10-16-21-13-8-9-17-23(21)24/h2-18H,1H2. The highest BCUT2D eigenvalue weighted by Crippen LogP contribution is 2.30. The van der Waals surface area contributed by atoms with Crippen LogP contribution in [-0.2, 0) is 0 Å². The lowest BCUT2D eigenvalue weighted by molar-refractivity contribution is 0.756. The molecular formula is C26H19N3. The van der Waals surface area contributed by atoms with Gasteiger partial charge < -0.3 is 0 Å². The molecule has 3 heteroatoms. The highest BCUT2D eigenvalue weighted by Gasteiger charge is 2.18. The van der Waals surface area contributed by atoms with E-state index in [1.54, 1.807) is 4.80 Å². The summed E-state index contributed by atoms with van der Waals surface area (Å²) in [5.41, 5.74) is 5.48. The summed E-state index contributed by atoms with van der Waals surface area (Å²) in [6, 6.07) is 34.7. The molecule has 3 nitrogen and oxygen atoms in total. The van der Waals surface area contributed by atoms with Crippen LogP contribution in [0.1, 0.15) is 11.3 Å². The van der Waals surface area contributed by atoms with E-state index < -0.39 is 0 Å². The Kier molecular flexibility index (Phi) is 4.26. The average molecular weight is 373 g/mol. The average Bonchev–Trinajstić information content (AvgIpc) is 3.24. The van der Waals surface area contributed by atoms with Gasteiger partial charge in [-0.2, -0.15) is 0 Å². The normalized spacial score (nSPS) is 10.9. The van der Waals surface area contributed by atoms with Gasteiger partial charge in [0.15, 0.2) is 0 Å². The van der Waals surface area contributed by atoms with Gasteiger partial charge in [-0.1, -0.05) is 104 Å². The van der Waals surface area contributed by atoms with Crippen LogP contribution in [-0.4, -0.2) is 15.0 Å². The van der Waals surface area contributed by atoms with Gasteiger partial charge in [0, 0.05) is 16.5 Å². The number of nitrogens with zero attached hydrogens (tertiary/aromatic N) is 3. The molecule has 4 aromatic carbocycles. The fourth-order valence-corrected chi connectivity index (χ4v) is 3.57. The maximum absolute atomic E-state index is 4.89. The molecule has 0 N–H and O–H groups in total. The molecule has 5 aromatic rings. The highest BCUT2D eigenvalue weighted by atomic mass is 15.5. The van der Waals surface area contributed by atoms with Crippen molar-refractivity contribution in [3.63, 3.8) is 0 Å². The number of rotatable bonds is 4. The second-order valence-corrected chi connectivity index (χ2v) is 6.90. The molecule has 0 spiro atoms. The maximum atomic E-state index is 4.89. The summed E-state index contributed by atoms with van der Waals surface area (Å²) in [6.07, 6.45) is 0. The molecule has 0 aliphatic heterocycles. The monoisotopic (exact) mass is 373 g/mol. The Labute approximate surface area is 169 Å². The smallest absolute Gasteiger partial charge is 0.121 e. The molecule has 0 radical (unpaired) electrons. The summed E-state index contributed by atoms with van der Waals surface area (Å²) in [6.45, 7) is 4.33. The number of benzene rings is 4. The Morgan fingerprint density at radius 3 is 2.10 bits per heavy atom. The molecule has 0 atom stereocenters. The predicted molar refractivity (Wildman–Crippen MR) is 119 cm³/mol. The predicted octanol–water partition coefficient (Wildman–Crippen LogP) is 6.15. The fourth-order valence-electron chi connectivity index (χ4n) is 3.57. The summed E-state index contributed by atoms with van der Waals surface area (Å²) in [4.78, 5) is 1.73. The zero-order chi connectivity index (χ0) is 19.6. The molecule has 138 valence electrons. The lowest BCUT2D eigenvalue weighted by Crippen LogP contribution is -2.00. The van der Waals surface area contributed by atoms with E-state index in [0.29, 0.717) is 0 Å². The number of hydrogen-bond donors (Lipinski definition) is 0. The molecule has 1 heterocycles. The van der Waals surface area contributed by atoms with Crippen molar-refractivity contribution >= 4 is 16.3 Å². The number of aromatic nitrogens is 3. The van der Waals surface area contributed by atoms with Crippen LogP contribution in [0.3, 0.4) is 0 Å². The fraction of sp³-hybridized carbons (Fsp3) is 0. The third-order valence-corrected chi connectivity index (χ3v) is 5.05. The first kappa shape index (κ1) is 17.1. The second kappa shape index (κ2) is 7.21.